The number of rotatable bonds is 6. The maximum atomic E-state index is 11.6. The number of carbonyl (C=O) groups excluding carboxylic acids is 2. The molecule has 1 saturated heterocycles. The summed E-state index contributed by atoms with van der Waals surface area (Å²) < 4.78 is 0. The molecule has 6 nitrogen and oxygen atoms in total. The Labute approximate surface area is 124 Å². The van der Waals surface area contributed by atoms with Crippen molar-refractivity contribution in [3.8, 4) is 5.75 Å². The average molecular weight is 291 g/mol. The molecule has 2 rings (SSSR count). The molecule has 21 heavy (non-hydrogen) atoms. The lowest BCUT2D eigenvalue weighted by molar-refractivity contribution is -0.127. The van der Waals surface area contributed by atoms with E-state index in [1.165, 1.54) is 0 Å². The van der Waals surface area contributed by atoms with Crippen LogP contribution in [0.1, 0.15) is 24.8 Å². The zero-order valence-electron chi connectivity index (χ0n) is 12.0. The van der Waals surface area contributed by atoms with Crippen LogP contribution < -0.4 is 10.6 Å². The summed E-state index contributed by atoms with van der Waals surface area (Å²) in [5, 5.41) is 14.8. The topological polar surface area (TPSA) is 81.7 Å². The predicted molar refractivity (Wildman–Crippen MR) is 78.8 cm³/mol. The Morgan fingerprint density at radius 2 is 2.19 bits per heavy atom. The van der Waals surface area contributed by atoms with E-state index in [4.69, 9.17) is 0 Å². The molecule has 0 unspecified atom stereocenters. The fraction of sp³-hybridized carbons (Fsp3) is 0.467. The Morgan fingerprint density at radius 3 is 2.90 bits per heavy atom. The van der Waals surface area contributed by atoms with Gasteiger partial charge in [-0.1, -0.05) is 12.1 Å². The Kier molecular flexibility index (Phi) is 5.43. The molecule has 1 aromatic rings. The number of amides is 3. The van der Waals surface area contributed by atoms with Crippen LogP contribution in [0.25, 0.3) is 0 Å². The second-order valence-electron chi connectivity index (χ2n) is 5.12. The second-order valence-corrected chi connectivity index (χ2v) is 5.12. The standard InChI is InChI=1S/C15H21N3O3/c19-13-5-1-4-12(10-13)11-17-15(21)16-7-3-9-18-8-2-6-14(18)20/h1,4-5,10,19H,2-3,6-9,11H2,(H2,16,17,21). The first-order valence-electron chi connectivity index (χ1n) is 7.22. The minimum Gasteiger partial charge on any atom is -0.508 e. The van der Waals surface area contributed by atoms with Gasteiger partial charge < -0.3 is 20.6 Å². The number of aromatic hydroxyl groups is 1. The molecule has 1 aliphatic rings. The van der Waals surface area contributed by atoms with Gasteiger partial charge in [0, 0.05) is 32.6 Å². The summed E-state index contributed by atoms with van der Waals surface area (Å²) in [5.74, 6) is 0.397. The summed E-state index contributed by atoms with van der Waals surface area (Å²) in [6.07, 6.45) is 2.35. The minimum absolute atomic E-state index is 0.185. The molecule has 0 bridgehead atoms. The molecule has 1 aliphatic heterocycles. The Bertz CT molecular complexity index is 505. The van der Waals surface area contributed by atoms with Gasteiger partial charge in [-0.3, -0.25) is 4.79 Å². The molecule has 3 amide bonds. The van der Waals surface area contributed by atoms with Gasteiger partial charge in [0.2, 0.25) is 5.91 Å². The molecular weight excluding hydrogens is 270 g/mol. The minimum atomic E-state index is -0.244. The van der Waals surface area contributed by atoms with Crippen molar-refractivity contribution in [2.24, 2.45) is 0 Å². The Hall–Kier alpha value is -2.24. The van der Waals surface area contributed by atoms with Gasteiger partial charge in [0.1, 0.15) is 5.75 Å². The van der Waals surface area contributed by atoms with Gasteiger partial charge in [-0.2, -0.15) is 0 Å². The van der Waals surface area contributed by atoms with Crippen LogP contribution in [0.15, 0.2) is 24.3 Å². The lowest BCUT2D eigenvalue weighted by Gasteiger charge is -2.15. The Morgan fingerprint density at radius 1 is 1.33 bits per heavy atom. The molecule has 1 fully saturated rings. The molecule has 0 aliphatic carbocycles. The van der Waals surface area contributed by atoms with Gasteiger partial charge in [0.05, 0.1) is 0 Å². The summed E-state index contributed by atoms with van der Waals surface area (Å²) in [7, 11) is 0. The molecule has 0 atom stereocenters. The van der Waals surface area contributed by atoms with E-state index >= 15 is 0 Å². The molecule has 1 heterocycles. The number of hydrogen-bond donors (Lipinski definition) is 3. The SMILES string of the molecule is O=C(NCCCN1CCCC1=O)NCc1cccc(O)c1. The average Bonchev–Trinajstić information content (AvgIpc) is 2.87. The van der Waals surface area contributed by atoms with Gasteiger partial charge in [-0.15, -0.1) is 0 Å². The van der Waals surface area contributed by atoms with Crippen molar-refractivity contribution in [1.82, 2.24) is 15.5 Å². The first-order valence-corrected chi connectivity index (χ1v) is 7.22. The molecule has 1 aromatic carbocycles. The van der Waals surface area contributed by atoms with E-state index in [9.17, 15) is 14.7 Å². The quantitative estimate of drug-likeness (QED) is 0.689. The van der Waals surface area contributed by atoms with Crippen LogP contribution in [0.4, 0.5) is 4.79 Å². The second kappa shape index (κ2) is 7.52. The van der Waals surface area contributed by atoms with Crippen LogP contribution >= 0.6 is 0 Å². The van der Waals surface area contributed by atoms with Crippen LogP contribution in [0.2, 0.25) is 0 Å². The van der Waals surface area contributed by atoms with Crippen LogP contribution in [0.3, 0.4) is 0 Å². The highest BCUT2D eigenvalue weighted by atomic mass is 16.3. The van der Waals surface area contributed by atoms with E-state index < -0.39 is 0 Å². The van der Waals surface area contributed by atoms with E-state index in [1.54, 1.807) is 18.2 Å². The number of hydrogen-bond acceptors (Lipinski definition) is 3. The van der Waals surface area contributed by atoms with Gasteiger partial charge in [0.25, 0.3) is 0 Å². The summed E-state index contributed by atoms with van der Waals surface area (Å²) in [4.78, 5) is 24.8. The lowest BCUT2D eigenvalue weighted by Crippen LogP contribution is -2.37. The zero-order chi connectivity index (χ0) is 15.1. The molecule has 0 saturated carbocycles. The first-order chi connectivity index (χ1) is 10.1. The number of likely N-dealkylation sites (tertiary alicyclic amines) is 1. The van der Waals surface area contributed by atoms with E-state index in [1.807, 2.05) is 11.0 Å². The smallest absolute Gasteiger partial charge is 0.315 e. The van der Waals surface area contributed by atoms with Gasteiger partial charge in [0.15, 0.2) is 0 Å². The highest BCUT2D eigenvalue weighted by Gasteiger charge is 2.18. The summed E-state index contributed by atoms with van der Waals surface area (Å²) >= 11 is 0. The van der Waals surface area contributed by atoms with Crippen LogP contribution in [-0.2, 0) is 11.3 Å². The number of carbonyl (C=O) groups is 2. The first kappa shape index (κ1) is 15.2. The number of phenolic OH excluding ortho intramolecular Hbond substituents is 1. The van der Waals surface area contributed by atoms with E-state index in [2.05, 4.69) is 10.6 Å². The summed E-state index contributed by atoms with van der Waals surface area (Å²) in [6.45, 7) is 2.44. The molecular formula is C15H21N3O3. The van der Waals surface area contributed by atoms with Gasteiger partial charge >= 0.3 is 6.03 Å². The molecule has 0 spiro atoms. The van der Waals surface area contributed by atoms with Gasteiger partial charge in [-0.05, 0) is 30.5 Å². The highest BCUT2D eigenvalue weighted by Crippen LogP contribution is 2.10. The third-order valence-electron chi connectivity index (χ3n) is 3.43. The van der Waals surface area contributed by atoms with Crippen molar-refractivity contribution in [3.05, 3.63) is 29.8 Å². The Balaban J connectivity index is 1.58. The number of nitrogens with one attached hydrogen (secondary N) is 2. The van der Waals surface area contributed by atoms with Crippen molar-refractivity contribution in [3.63, 3.8) is 0 Å². The van der Waals surface area contributed by atoms with E-state index in [0.29, 0.717) is 26.1 Å². The van der Waals surface area contributed by atoms with E-state index in [-0.39, 0.29) is 17.7 Å². The maximum Gasteiger partial charge on any atom is 0.315 e. The molecule has 114 valence electrons. The third-order valence-corrected chi connectivity index (χ3v) is 3.43. The predicted octanol–water partition coefficient (Wildman–Crippen LogP) is 1.20. The van der Waals surface area contributed by atoms with Crippen molar-refractivity contribution in [2.75, 3.05) is 19.6 Å². The number of nitrogens with zero attached hydrogens (tertiary/aromatic N) is 1. The monoisotopic (exact) mass is 291 g/mol. The molecule has 0 radical (unpaired) electrons. The van der Waals surface area contributed by atoms with Crippen LogP contribution in [-0.4, -0.2) is 41.6 Å². The number of urea groups is 1. The third kappa shape index (κ3) is 4.98. The molecule has 6 heteroatoms. The van der Waals surface area contributed by atoms with Crippen molar-refractivity contribution in [1.29, 1.82) is 0 Å². The maximum absolute atomic E-state index is 11.6. The van der Waals surface area contributed by atoms with Crippen LogP contribution in [0, 0.1) is 0 Å². The highest BCUT2D eigenvalue weighted by molar-refractivity contribution is 5.78. The lowest BCUT2D eigenvalue weighted by atomic mass is 10.2. The van der Waals surface area contributed by atoms with Crippen molar-refractivity contribution < 1.29 is 14.7 Å². The van der Waals surface area contributed by atoms with Gasteiger partial charge in [-0.25, -0.2) is 4.79 Å². The van der Waals surface area contributed by atoms with E-state index in [0.717, 1.165) is 24.9 Å². The molecule has 0 aromatic heterocycles. The fourth-order valence-corrected chi connectivity index (χ4v) is 2.32. The largest absolute Gasteiger partial charge is 0.508 e. The summed E-state index contributed by atoms with van der Waals surface area (Å²) in [5.41, 5.74) is 0.841. The zero-order valence-corrected chi connectivity index (χ0v) is 12.0. The number of benzene rings is 1. The van der Waals surface area contributed by atoms with Crippen molar-refractivity contribution >= 4 is 11.9 Å². The summed E-state index contributed by atoms with van der Waals surface area (Å²) in [6, 6.07) is 6.52. The van der Waals surface area contributed by atoms with Crippen molar-refractivity contribution in [2.45, 2.75) is 25.8 Å². The number of phenols is 1. The van der Waals surface area contributed by atoms with Crippen LogP contribution in [0.5, 0.6) is 5.75 Å². The normalized spacial score (nSPS) is 14.3. The molecule has 3 N–H and O–H groups in total. The fourth-order valence-electron chi connectivity index (χ4n) is 2.32.